The zero-order chi connectivity index (χ0) is 14.4. The molecule has 2 aromatic rings. The maximum atomic E-state index is 4.52. The summed E-state index contributed by atoms with van der Waals surface area (Å²) in [7, 11) is 1.90. The number of aromatic nitrogens is 3. The molecule has 0 amide bonds. The predicted octanol–water partition coefficient (Wildman–Crippen LogP) is 3.02. The molecular weight excluding hydrogens is 248 g/mol. The van der Waals surface area contributed by atoms with Gasteiger partial charge in [-0.15, -0.1) is 0 Å². The second-order valence-corrected chi connectivity index (χ2v) is 4.84. The SMILES string of the molecule is CCCc1c(Cc2ccc(CC)cn2)ncnc1NC. The Labute approximate surface area is 120 Å². The molecule has 0 unspecified atom stereocenters. The van der Waals surface area contributed by atoms with Crippen molar-refractivity contribution in [1.82, 2.24) is 15.0 Å². The number of nitrogens with zero attached hydrogens (tertiary/aromatic N) is 3. The fourth-order valence-corrected chi connectivity index (χ4v) is 2.27. The first-order valence-electron chi connectivity index (χ1n) is 7.22. The largest absolute Gasteiger partial charge is 0.373 e. The van der Waals surface area contributed by atoms with Gasteiger partial charge in [-0.2, -0.15) is 0 Å². The fourth-order valence-electron chi connectivity index (χ4n) is 2.27. The zero-order valence-corrected chi connectivity index (χ0v) is 12.5. The number of rotatable bonds is 6. The van der Waals surface area contributed by atoms with Crippen molar-refractivity contribution < 1.29 is 0 Å². The molecule has 0 aliphatic rings. The lowest BCUT2D eigenvalue weighted by molar-refractivity contribution is 0.861. The Bertz CT molecular complexity index is 549. The van der Waals surface area contributed by atoms with Crippen LogP contribution < -0.4 is 5.32 Å². The molecule has 106 valence electrons. The monoisotopic (exact) mass is 270 g/mol. The second-order valence-electron chi connectivity index (χ2n) is 4.84. The number of hydrogen-bond donors (Lipinski definition) is 1. The standard InChI is InChI=1S/C16H22N4/c1-4-6-14-15(19-11-20-16(14)17-3)9-13-8-7-12(5-2)10-18-13/h7-8,10-11H,4-6,9H2,1-3H3,(H,17,19,20). The number of anilines is 1. The Balaban J connectivity index is 2.27. The number of aryl methyl sites for hydroxylation is 1. The van der Waals surface area contributed by atoms with E-state index in [9.17, 15) is 0 Å². The first-order chi connectivity index (χ1) is 9.78. The maximum absolute atomic E-state index is 4.52. The first kappa shape index (κ1) is 14.4. The summed E-state index contributed by atoms with van der Waals surface area (Å²) in [5.74, 6) is 0.932. The van der Waals surface area contributed by atoms with Crippen molar-refractivity contribution in [3.05, 3.63) is 47.2 Å². The van der Waals surface area contributed by atoms with Crippen LogP contribution >= 0.6 is 0 Å². The van der Waals surface area contributed by atoms with Gasteiger partial charge in [0, 0.05) is 30.9 Å². The normalized spacial score (nSPS) is 10.6. The van der Waals surface area contributed by atoms with Crippen LogP contribution in [0.2, 0.25) is 0 Å². The Kier molecular flexibility index (Phi) is 5.04. The van der Waals surface area contributed by atoms with E-state index in [2.05, 4.69) is 46.2 Å². The minimum Gasteiger partial charge on any atom is -0.373 e. The molecule has 0 aliphatic heterocycles. The molecule has 0 bridgehead atoms. The molecule has 0 atom stereocenters. The summed E-state index contributed by atoms with van der Waals surface area (Å²) in [6, 6.07) is 4.23. The molecule has 0 fully saturated rings. The van der Waals surface area contributed by atoms with Gasteiger partial charge in [-0.3, -0.25) is 4.98 Å². The smallest absolute Gasteiger partial charge is 0.132 e. The highest BCUT2D eigenvalue weighted by atomic mass is 15.0. The van der Waals surface area contributed by atoms with E-state index in [0.717, 1.165) is 42.9 Å². The predicted molar refractivity (Wildman–Crippen MR) is 82.0 cm³/mol. The molecule has 2 heterocycles. The Morgan fingerprint density at radius 3 is 2.55 bits per heavy atom. The van der Waals surface area contributed by atoms with Gasteiger partial charge < -0.3 is 5.32 Å². The van der Waals surface area contributed by atoms with Crippen molar-refractivity contribution in [2.75, 3.05) is 12.4 Å². The van der Waals surface area contributed by atoms with Gasteiger partial charge in [0.2, 0.25) is 0 Å². The van der Waals surface area contributed by atoms with Gasteiger partial charge >= 0.3 is 0 Å². The topological polar surface area (TPSA) is 50.7 Å². The third kappa shape index (κ3) is 3.32. The molecule has 20 heavy (non-hydrogen) atoms. The average Bonchev–Trinajstić information content (AvgIpc) is 2.50. The molecule has 0 saturated heterocycles. The number of nitrogens with one attached hydrogen (secondary N) is 1. The third-order valence-corrected chi connectivity index (χ3v) is 3.41. The lowest BCUT2D eigenvalue weighted by Crippen LogP contribution is -2.07. The zero-order valence-electron chi connectivity index (χ0n) is 12.5. The Morgan fingerprint density at radius 2 is 1.95 bits per heavy atom. The van der Waals surface area contributed by atoms with Crippen molar-refractivity contribution in [3.8, 4) is 0 Å². The van der Waals surface area contributed by atoms with Crippen molar-refractivity contribution in [2.45, 2.75) is 39.5 Å². The quantitative estimate of drug-likeness (QED) is 0.876. The molecule has 2 aromatic heterocycles. The summed E-state index contributed by atoms with van der Waals surface area (Å²) >= 11 is 0. The van der Waals surface area contributed by atoms with Gasteiger partial charge in [0.1, 0.15) is 12.1 Å². The van der Waals surface area contributed by atoms with E-state index in [1.54, 1.807) is 6.33 Å². The molecule has 1 N–H and O–H groups in total. The van der Waals surface area contributed by atoms with Crippen LogP contribution in [-0.4, -0.2) is 22.0 Å². The van der Waals surface area contributed by atoms with E-state index < -0.39 is 0 Å². The van der Waals surface area contributed by atoms with Crippen LogP contribution in [0.4, 0.5) is 5.82 Å². The van der Waals surface area contributed by atoms with Gasteiger partial charge in [0.25, 0.3) is 0 Å². The van der Waals surface area contributed by atoms with Crippen molar-refractivity contribution in [2.24, 2.45) is 0 Å². The van der Waals surface area contributed by atoms with Crippen LogP contribution in [0.15, 0.2) is 24.7 Å². The minimum absolute atomic E-state index is 0.760. The minimum atomic E-state index is 0.760. The molecule has 4 heteroatoms. The summed E-state index contributed by atoms with van der Waals surface area (Å²) < 4.78 is 0. The van der Waals surface area contributed by atoms with Crippen molar-refractivity contribution >= 4 is 5.82 Å². The first-order valence-corrected chi connectivity index (χ1v) is 7.22. The van der Waals surface area contributed by atoms with E-state index >= 15 is 0 Å². The maximum Gasteiger partial charge on any atom is 0.132 e. The Hall–Kier alpha value is -1.97. The van der Waals surface area contributed by atoms with E-state index in [-0.39, 0.29) is 0 Å². The summed E-state index contributed by atoms with van der Waals surface area (Å²) in [6.07, 6.45) is 7.43. The molecule has 2 rings (SSSR count). The van der Waals surface area contributed by atoms with Gasteiger partial charge in [-0.1, -0.05) is 26.3 Å². The number of hydrogen-bond acceptors (Lipinski definition) is 4. The highest BCUT2D eigenvalue weighted by Gasteiger charge is 2.10. The van der Waals surface area contributed by atoms with Crippen LogP contribution in [0.1, 0.15) is 42.8 Å². The third-order valence-electron chi connectivity index (χ3n) is 3.41. The van der Waals surface area contributed by atoms with E-state index in [4.69, 9.17) is 0 Å². The van der Waals surface area contributed by atoms with Crippen LogP contribution in [0.25, 0.3) is 0 Å². The fraction of sp³-hybridized carbons (Fsp3) is 0.438. The van der Waals surface area contributed by atoms with Crippen LogP contribution in [-0.2, 0) is 19.3 Å². The highest BCUT2D eigenvalue weighted by molar-refractivity contribution is 5.46. The van der Waals surface area contributed by atoms with E-state index in [0.29, 0.717) is 0 Å². The second kappa shape index (κ2) is 6.98. The molecule has 0 aromatic carbocycles. The summed E-state index contributed by atoms with van der Waals surface area (Å²) in [5.41, 5.74) is 4.60. The van der Waals surface area contributed by atoms with Crippen LogP contribution in [0, 0.1) is 0 Å². The van der Waals surface area contributed by atoms with E-state index in [1.807, 2.05) is 13.2 Å². The summed E-state index contributed by atoms with van der Waals surface area (Å²) in [4.78, 5) is 13.3. The lowest BCUT2D eigenvalue weighted by Gasteiger charge is -2.11. The Morgan fingerprint density at radius 1 is 1.10 bits per heavy atom. The summed E-state index contributed by atoms with van der Waals surface area (Å²) in [6.45, 7) is 4.31. The van der Waals surface area contributed by atoms with Crippen LogP contribution in [0.3, 0.4) is 0 Å². The van der Waals surface area contributed by atoms with Gasteiger partial charge in [-0.05, 0) is 24.5 Å². The van der Waals surface area contributed by atoms with Crippen molar-refractivity contribution in [1.29, 1.82) is 0 Å². The van der Waals surface area contributed by atoms with Crippen molar-refractivity contribution in [3.63, 3.8) is 0 Å². The molecule has 0 aliphatic carbocycles. The summed E-state index contributed by atoms with van der Waals surface area (Å²) in [5, 5.41) is 3.15. The molecule has 4 nitrogen and oxygen atoms in total. The molecule has 0 saturated carbocycles. The van der Waals surface area contributed by atoms with E-state index in [1.165, 1.54) is 11.1 Å². The van der Waals surface area contributed by atoms with Gasteiger partial charge in [0.15, 0.2) is 0 Å². The molecule has 0 radical (unpaired) electrons. The van der Waals surface area contributed by atoms with Crippen LogP contribution in [0.5, 0.6) is 0 Å². The van der Waals surface area contributed by atoms with Gasteiger partial charge in [-0.25, -0.2) is 9.97 Å². The lowest BCUT2D eigenvalue weighted by atomic mass is 10.0. The number of pyridine rings is 1. The van der Waals surface area contributed by atoms with Gasteiger partial charge in [0.05, 0.1) is 5.69 Å². The highest BCUT2D eigenvalue weighted by Crippen LogP contribution is 2.19. The molecular formula is C16H22N4. The average molecular weight is 270 g/mol. The molecule has 0 spiro atoms.